The summed E-state index contributed by atoms with van der Waals surface area (Å²) in [6, 6.07) is 2.01. The predicted molar refractivity (Wildman–Crippen MR) is 100.0 cm³/mol. The number of amides is 2. The number of nitrogens with zero attached hydrogens (tertiary/aromatic N) is 6. The molecular formula is C19H21N7O3. The van der Waals surface area contributed by atoms with E-state index in [2.05, 4.69) is 20.3 Å². The maximum absolute atomic E-state index is 13.1. The van der Waals surface area contributed by atoms with Crippen molar-refractivity contribution in [3.63, 3.8) is 0 Å². The number of oxazole rings is 1. The van der Waals surface area contributed by atoms with Crippen molar-refractivity contribution in [1.29, 1.82) is 0 Å². The van der Waals surface area contributed by atoms with Gasteiger partial charge in [0.05, 0.1) is 42.4 Å². The molecule has 2 amide bonds. The molecule has 0 aliphatic carbocycles. The Morgan fingerprint density at radius 2 is 1.93 bits per heavy atom. The lowest BCUT2D eigenvalue weighted by Crippen LogP contribution is -2.40. The molecule has 29 heavy (non-hydrogen) atoms. The highest BCUT2D eigenvalue weighted by molar-refractivity contribution is 5.95. The van der Waals surface area contributed by atoms with Crippen molar-refractivity contribution in [2.75, 3.05) is 13.1 Å². The number of carbonyl (C=O) groups excluding carboxylic acids is 2. The van der Waals surface area contributed by atoms with Crippen molar-refractivity contribution < 1.29 is 14.0 Å². The van der Waals surface area contributed by atoms with Crippen LogP contribution in [0.2, 0.25) is 0 Å². The zero-order valence-electron chi connectivity index (χ0n) is 16.3. The third kappa shape index (κ3) is 2.91. The number of aromatic nitrogens is 5. The van der Waals surface area contributed by atoms with Crippen LogP contribution in [0.25, 0.3) is 0 Å². The van der Waals surface area contributed by atoms with Gasteiger partial charge < -0.3 is 14.2 Å². The van der Waals surface area contributed by atoms with Gasteiger partial charge in [0.2, 0.25) is 5.76 Å². The van der Waals surface area contributed by atoms with Gasteiger partial charge in [-0.2, -0.15) is 10.2 Å². The highest BCUT2D eigenvalue weighted by Crippen LogP contribution is 2.24. The van der Waals surface area contributed by atoms with E-state index in [-0.39, 0.29) is 17.6 Å². The highest BCUT2D eigenvalue weighted by Gasteiger charge is 2.32. The van der Waals surface area contributed by atoms with Crippen molar-refractivity contribution in [2.45, 2.75) is 39.9 Å². The second-order valence-electron chi connectivity index (χ2n) is 7.50. The quantitative estimate of drug-likeness (QED) is 0.694. The van der Waals surface area contributed by atoms with Gasteiger partial charge in [0.15, 0.2) is 12.1 Å². The second kappa shape index (κ2) is 6.57. The number of hydrogen-bond donors (Lipinski definition) is 1. The summed E-state index contributed by atoms with van der Waals surface area (Å²) >= 11 is 0. The van der Waals surface area contributed by atoms with Crippen LogP contribution in [0.5, 0.6) is 0 Å². The topological polar surface area (TPSA) is 113 Å². The van der Waals surface area contributed by atoms with E-state index in [1.807, 2.05) is 22.6 Å². The van der Waals surface area contributed by atoms with Gasteiger partial charge in [-0.15, -0.1) is 0 Å². The summed E-state index contributed by atoms with van der Waals surface area (Å²) in [5.74, 6) is -0.0317. The summed E-state index contributed by atoms with van der Waals surface area (Å²) in [7, 11) is 0. The summed E-state index contributed by atoms with van der Waals surface area (Å²) in [4.78, 5) is 33.3. The van der Waals surface area contributed by atoms with Gasteiger partial charge >= 0.3 is 0 Å². The van der Waals surface area contributed by atoms with Gasteiger partial charge in [0.25, 0.3) is 11.8 Å². The first-order chi connectivity index (χ1) is 14.0. The van der Waals surface area contributed by atoms with E-state index in [0.717, 1.165) is 22.6 Å². The molecule has 5 heterocycles. The van der Waals surface area contributed by atoms with Crippen LogP contribution in [0.15, 0.2) is 16.9 Å². The molecule has 0 atom stereocenters. The summed E-state index contributed by atoms with van der Waals surface area (Å²) in [6.45, 7) is 6.36. The molecule has 150 valence electrons. The summed E-state index contributed by atoms with van der Waals surface area (Å²) < 4.78 is 7.18. The minimum absolute atomic E-state index is 0.0848. The predicted octanol–water partition coefficient (Wildman–Crippen LogP) is 1.07. The lowest BCUT2D eigenvalue weighted by atomic mass is 10.0. The zero-order valence-corrected chi connectivity index (χ0v) is 16.3. The first kappa shape index (κ1) is 17.7. The van der Waals surface area contributed by atoms with E-state index >= 15 is 0 Å². The summed E-state index contributed by atoms with van der Waals surface area (Å²) in [5.41, 5.74) is 4.70. The second-order valence-corrected chi connectivity index (χ2v) is 7.50. The molecular weight excluding hydrogens is 374 g/mol. The number of nitrogens with one attached hydrogen (secondary N) is 1. The number of H-pyrrole nitrogens is 1. The van der Waals surface area contributed by atoms with E-state index < -0.39 is 0 Å². The number of rotatable bonds is 2. The van der Waals surface area contributed by atoms with Gasteiger partial charge in [-0.05, 0) is 26.3 Å². The third-order valence-corrected chi connectivity index (χ3v) is 5.57. The van der Waals surface area contributed by atoms with Crippen LogP contribution in [0, 0.1) is 13.8 Å². The molecule has 0 unspecified atom stereocenters. The fraction of sp³-hybridized carbons (Fsp3) is 0.421. The molecule has 0 spiro atoms. The first-order valence-electron chi connectivity index (χ1n) is 9.59. The van der Waals surface area contributed by atoms with Crippen LogP contribution >= 0.6 is 0 Å². The Kier molecular flexibility index (Phi) is 4.00. The summed E-state index contributed by atoms with van der Waals surface area (Å²) in [6.07, 6.45) is 1.84. The van der Waals surface area contributed by atoms with Crippen molar-refractivity contribution in [2.24, 2.45) is 0 Å². The molecule has 0 fully saturated rings. The highest BCUT2D eigenvalue weighted by atomic mass is 16.3. The molecule has 2 aliphatic rings. The van der Waals surface area contributed by atoms with Gasteiger partial charge in [0.1, 0.15) is 0 Å². The standard InChI is InChI=1S/C19H21N7O3/c1-11-7-13-8-25(5-6-26(13)23-11)18(27)16-14-3-4-24(9-15(14)21-22-16)19(28)17-12(2)20-10-29-17/h7,10H,3-6,8-9H2,1-2H3,(H,21,22). The van der Waals surface area contributed by atoms with Gasteiger partial charge in [-0.1, -0.05) is 0 Å². The van der Waals surface area contributed by atoms with Crippen molar-refractivity contribution in [1.82, 2.24) is 34.8 Å². The molecule has 10 heteroatoms. The van der Waals surface area contributed by atoms with Crippen LogP contribution in [-0.4, -0.2) is 59.7 Å². The Hall–Kier alpha value is -3.43. The number of hydrogen-bond acceptors (Lipinski definition) is 6. The molecule has 10 nitrogen and oxygen atoms in total. The van der Waals surface area contributed by atoms with Crippen LogP contribution < -0.4 is 0 Å². The maximum atomic E-state index is 13.1. The fourth-order valence-corrected chi connectivity index (χ4v) is 4.05. The lowest BCUT2D eigenvalue weighted by molar-refractivity contribution is 0.0694. The molecule has 1 N–H and O–H groups in total. The Balaban J connectivity index is 1.34. The van der Waals surface area contributed by atoms with Crippen molar-refractivity contribution in [3.8, 4) is 0 Å². The number of aryl methyl sites for hydroxylation is 2. The Morgan fingerprint density at radius 3 is 2.72 bits per heavy atom. The Bertz CT molecular complexity index is 1110. The van der Waals surface area contributed by atoms with Crippen LogP contribution in [0.3, 0.4) is 0 Å². The minimum atomic E-state index is -0.201. The number of carbonyl (C=O) groups is 2. The molecule has 0 saturated heterocycles. The average Bonchev–Trinajstić information content (AvgIpc) is 3.42. The molecule has 5 rings (SSSR count). The molecule has 0 saturated carbocycles. The van der Waals surface area contributed by atoms with E-state index in [0.29, 0.717) is 50.5 Å². The van der Waals surface area contributed by atoms with E-state index in [1.54, 1.807) is 11.8 Å². The molecule has 0 radical (unpaired) electrons. The van der Waals surface area contributed by atoms with Crippen molar-refractivity contribution >= 4 is 11.8 Å². The Morgan fingerprint density at radius 1 is 1.10 bits per heavy atom. The summed E-state index contributed by atoms with van der Waals surface area (Å²) in [5, 5.41) is 11.7. The monoisotopic (exact) mass is 395 g/mol. The molecule has 2 aliphatic heterocycles. The molecule has 0 bridgehead atoms. The van der Waals surface area contributed by atoms with E-state index in [9.17, 15) is 9.59 Å². The number of fused-ring (bicyclic) bond motifs is 2. The van der Waals surface area contributed by atoms with Crippen LogP contribution in [0.1, 0.15) is 49.4 Å². The number of aromatic amines is 1. The fourth-order valence-electron chi connectivity index (χ4n) is 4.05. The maximum Gasteiger partial charge on any atom is 0.291 e. The van der Waals surface area contributed by atoms with Gasteiger partial charge in [-0.25, -0.2) is 4.98 Å². The molecule has 0 aromatic carbocycles. The van der Waals surface area contributed by atoms with Crippen molar-refractivity contribution in [3.05, 3.63) is 52.3 Å². The zero-order chi connectivity index (χ0) is 20.1. The van der Waals surface area contributed by atoms with Gasteiger partial charge in [-0.3, -0.25) is 19.4 Å². The normalized spacial score (nSPS) is 15.9. The van der Waals surface area contributed by atoms with E-state index in [4.69, 9.17) is 4.42 Å². The van der Waals surface area contributed by atoms with E-state index in [1.165, 1.54) is 6.39 Å². The first-order valence-corrected chi connectivity index (χ1v) is 9.59. The van der Waals surface area contributed by atoms with Gasteiger partial charge in [0, 0.05) is 18.7 Å². The lowest BCUT2D eigenvalue weighted by Gasteiger charge is -2.28. The SMILES string of the molecule is Cc1cc2n(n1)CCN(C(=O)c1n[nH]c3c1CCN(C(=O)c1ocnc1C)C3)C2. The average molecular weight is 395 g/mol. The largest absolute Gasteiger partial charge is 0.438 e. The third-order valence-electron chi connectivity index (χ3n) is 5.57. The van der Waals surface area contributed by atoms with Crippen LogP contribution in [0.4, 0.5) is 0 Å². The van der Waals surface area contributed by atoms with Crippen LogP contribution in [-0.2, 0) is 26.1 Å². The molecule has 3 aromatic rings. The smallest absolute Gasteiger partial charge is 0.291 e. The Labute approximate surface area is 166 Å². The minimum Gasteiger partial charge on any atom is -0.438 e. The molecule has 3 aromatic heterocycles.